The summed E-state index contributed by atoms with van der Waals surface area (Å²) in [6.45, 7) is 2.99. The number of rotatable bonds is 6. The second-order valence-corrected chi connectivity index (χ2v) is 5.41. The van der Waals surface area contributed by atoms with Gasteiger partial charge in [-0.2, -0.15) is 0 Å². The molecule has 0 heterocycles. The highest BCUT2D eigenvalue weighted by molar-refractivity contribution is 5.76. The maximum atomic E-state index is 11.6. The zero-order valence-electron chi connectivity index (χ0n) is 11.4. The number of amides is 1. The van der Waals surface area contributed by atoms with Crippen molar-refractivity contribution in [2.24, 2.45) is 5.73 Å². The van der Waals surface area contributed by atoms with Gasteiger partial charge in [-0.05, 0) is 43.9 Å². The van der Waals surface area contributed by atoms with Gasteiger partial charge in [0.1, 0.15) is 5.75 Å². The number of carbonyl (C=O) groups is 1. The largest absolute Gasteiger partial charge is 0.493 e. The minimum atomic E-state index is -0.160. The van der Waals surface area contributed by atoms with E-state index < -0.39 is 0 Å². The number of aryl methyl sites for hydroxylation is 1. The zero-order valence-corrected chi connectivity index (χ0v) is 11.4. The van der Waals surface area contributed by atoms with Gasteiger partial charge >= 0.3 is 0 Å². The third-order valence-corrected chi connectivity index (χ3v) is 3.57. The minimum absolute atomic E-state index is 0.00405. The minimum Gasteiger partial charge on any atom is -0.493 e. The first-order valence-corrected chi connectivity index (χ1v) is 6.82. The molecule has 2 rings (SSSR count). The fourth-order valence-electron chi connectivity index (χ4n) is 2.14. The second kappa shape index (κ2) is 6.06. The SMILES string of the molecule is Cc1cccc(OCCC(=O)NCC2(N)CCC2)c1. The molecule has 1 aromatic carbocycles. The van der Waals surface area contributed by atoms with Crippen LogP contribution >= 0.6 is 0 Å². The molecule has 0 saturated heterocycles. The van der Waals surface area contributed by atoms with Crippen molar-refractivity contribution >= 4 is 5.91 Å². The molecular formula is C15H22N2O2. The van der Waals surface area contributed by atoms with Crippen LogP contribution in [0.15, 0.2) is 24.3 Å². The lowest BCUT2D eigenvalue weighted by Crippen LogP contribution is -2.55. The van der Waals surface area contributed by atoms with Gasteiger partial charge in [-0.3, -0.25) is 4.79 Å². The van der Waals surface area contributed by atoms with Crippen LogP contribution in [-0.4, -0.2) is 24.6 Å². The number of carbonyl (C=O) groups excluding carboxylic acids is 1. The van der Waals surface area contributed by atoms with Crippen LogP contribution in [-0.2, 0) is 4.79 Å². The van der Waals surface area contributed by atoms with E-state index in [0.717, 1.165) is 24.2 Å². The molecule has 1 fully saturated rings. The average Bonchev–Trinajstić information content (AvgIpc) is 2.34. The van der Waals surface area contributed by atoms with E-state index in [2.05, 4.69) is 5.32 Å². The summed E-state index contributed by atoms with van der Waals surface area (Å²) in [5, 5.41) is 2.88. The second-order valence-electron chi connectivity index (χ2n) is 5.41. The van der Waals surface area contributed by atoms with Crippen LogP contribution in [0.25, 0.3) is 0 Å². The van der Waals surface area contributed by atoms with E-state index in [-0.39, 0.29) is 11.4 Å². The van der Waals surface area contributed by atoms with Crippen molar-refractivity contribution in [3.05, 3.63) is 29.8 Å². The summed E-state index contributed by atoms with van der Waals surface area (Å²) in [6.07, 6.45) is 3.55. The molecular weight excluding hydrogens is 240 g/mol. The topological polar surface area (TPSA) is 64.3 Å². The van der Waals surface area contributed by atoms with Crippen LogP contribution in [0.5, 0.6) is 5.75 Å². The van der Waals surface area contributed by atoms with E-state index in [9.17, 15) is 4.79 Å². The monoisotopic (exact) mass is 262 g/mol. The molecule has 19 heavy (non-hydrogen) atoms. The summed E-state index contributed by atoms with van der Waals surface area (Å²) in [5.74, 6) is 0.812. The van der Waals surface area contributed by atoms with Crippen LogP contribution in [0.3, 0.4) is 0 Å². The van der Waals surface area contributed by atoms with Crippen molar-refractivity contribution in [2.45, 2.75) is 38.1 Å². The zero-order chi connectivity index (χ0) is 13.7. The van der Waals surface area contributed by atoms with Crippen molar-refractivity contribution in [1.82, 2.24) is 5.32 Å². The molecule has 1 aromatic rings. The predicted octanol–water partition coefficient (Wildman–Crippen LogP) is 1.76. The van der Waals surface area contributed by atoms with Gasteiger partial charge in [-0.15, -0.1) is 0 Å². The van der Waals surface area contributed by atoms with Gasteiger partial charge < -0.3 is 15.8 Å². The van der Waals surface area contributed by atoms with E-state index in [1.54, 1.807) is 0 Å². The highest BCUT2D eigenvalue weighted by atomic mass is 16.5. The summed E-state index contributed by atoms with van der Waals surface area (Å²) < 4.78 is 5.54. The Morgan fingerprint density at radius 1 is 1.47 bits per heavy atom. The number of hydrogen-bond donors (Lipinski definition) is 2. The third-order valence-electron chi connectivity index (χ3n) is 3.57. The van der Waals surface area contributed by atoms with Gasteiger partial charge in [0, 0.05) is 12.1 Å². The van der Waals surface area contributed by atoms with Crippen molar-refractivity contribution in [2.75, 3.05) is 13.2 Å². The Kier molecular flexibility index (Phi) is 4.43. The first kappa shape index (κ1) is 13.9. The Morgan fingerprint density at radius 3 is 2.89 bits per heavy atom. The molecule has 0 aliphatic heterocycles. The number of ether oxygens (including phenoxy) is 1. The van der Waals surface area contributed by atoms with Gasteiger partial charge in [-0.1, -0.05) is 12.1 Å². The first-order chi connectivity index (χ1) is 9.07. The van der Waals surface area contributed by atoms with Crippen molar-refractivity contribution in [3.8, 4) is 5.75 Å². The molecule has 0 spiro atoms. The van der Waals surface area contributed by atoms with E-state index in [1.165, 1.54) is 6.42 Å². The molecule has 1 amide bonds. The van der Waals surface area contributed by atoms with Gasteiger partial charge in [0.15, 0.2) is 0 Å². The van der Waals surface area contributed by atoms with Crippen LogP contribution in [0, 0.1) is 6.92 Å². The Hall–Kier alpha value is -1.55. The summed E-state index contributed by atoms with van der Waals surface area (Å²) in [6, 6.07) is 7.81. The van der Waals surface area contributed by atoms with E-state index in [0.29, 0.717) is 19.6 Å². The summed E-state index contributed by atoms with van der Waals surface area (Å²) in [4.78, 5) is 11.6. The van der Waals surface area contributed by atoms with Crippen LogP contribution in [0.2, 0.25) is 0 Å². The molecule has 0 atom stereocenters. The highest BCUT2D eigenvalue weighted by Crippen LogP contribution is 2.27. The molecule has 1 saturated carbocycles. The lowest BCUT2D eigenvalue weighted by molar-refractivity contribution is -0.122. The molecule has 0 aromatic heterocycles. The van der Waals surface area contributed by atoms with E-state index in [4.69, 9.17) is 10.5 Å². The Morgan fingerprint density at radius 2 is 2.26 bits per heavy atom. The first-order valence-electron chi connectivity index (χ1n) is 6.82. The quantitative estimate of drug-likeness (QED) is 0.821. The van der Waals surface area contributed by atoms with Crippen molar-refractivity contribution in [3.63, 3.8) is 0 Å². The smallest absolute Gasteiger partial charge is 0.223 e. The standard InChI is InChI=1S/C15H22N2O2/c1-12-4-2-5-13(10-12)19-9-6-14(18)17-11-15(16)7-3-8-15/h2,4-5,10H,3,6-9,11,16H2,1H3,(H,17,18). The summed E-state index contributed by atoms with van der Waals surface area (Å²) in [5.41, 5.74) is 7.03. The summed E-state index contributed by atoms with van der Waals surface area (Å²) >= 11 is 0. The molecule has 1 aliphatic carbocycles. The van der Waals surface area contributed by atoms with Crippen molar-refractivity contribution < 1.29 is 9.53 Å². The third kappa shape index (κ3) is 4.24. The normalized spacial score (nSPS) is 16.5. The van der Waals surface area contributed by atoms with Gasteiger partial charge in [0.25, 0.3) is 0 Å². The molecule has 0 bridgehead atoms. The molecule has 3 N–H and O–H groups in total. The highest BCUT2D eigenvalue weighted by Gasteiger charge is 2.32. The van der Waals surface area contributed by atoms with Crippen molar-refractivity contribution in [1.29, 1.82) is 0 Å². The van der Waals surface area contributed by atoms with E-state index >= 15 is 0 Å². The Labute approximate surface area is 114 Å². The predicted molar refractivity (Wildman–Crippen MR) is 75.1 cm³/mol. The Bertz CT molecular complexity index is 442. The average molecular weight is 262 g/mol. The maximum Gasteiger partial charge on any atom is 0.223 e. The van der Waals surface area contributed by atoms with Crippen LogP contribution in [0.4, 0.5) is 0 Å². The molecule has 0 radical (unpaired) electrons. The summed E-state index contributed by atoms with van der Waals surface area (Å²) in [7, 11) is 0. The Balaban J connectivity index is 1.63. The molecule has 4 heteroatoms. The number of benzene rings is 1. The van der Waals surface area contributed by atoms with Crippen LogP contribution < -0.4 is 15.8 Å². The van der Waals surface area contributed by atoms with E-state index in [1.807, 2.05) is 31.2 Å². The van der Waals surface area contributed by atoms with Crippen LogP contribution in [0.1, 0.15) is 31.2 Å². The van der Waals surface area contributed by atoms with Gasteiger partial charge in [0.2, 0.25) is 5.91 Å². The molecule has 104 valence electrons. The number of hydrogen-bond acceptors (Lipinski definition) is 3. The molecule has 0 unspecified atom stereocenters. The van der Waals surface area contributed by atoms with Gasteiger partial charge in [-0.25, -0.2) is 0 Å². The maximum absolute atomic E-state index is 11.6. The number of nitrogens with two attached hydrogens (primary N) is 1. The fraction of sp³-hybridized carbons (Fsp3) is 0.533. The van der Waals surface area contributed by atoms with Gasteiger partial charge in [0.05, 0.1) is 13.0 Å². The molecule has 1 aliphatic rings. The number of nitrogens with one attached hydrogen (secondary N) is 1. The lowest BCUT2D eigenvalue weighted by Gasteiger charge is -2.38. The lowest BCUT2D eigenvalue weighted by atomic mass is 9.78. The molecule has 4 nitrogen and oxygen atoms in total. The fourth-order valence-corrected chi connectivity index (χ4v) is 2.14.